The number of likely N-dealkylation sites (N-methyl/N-ethyl adjacent to an activating group) is 1. The fourth-order valence-corrected chi connectivity index (χ4v) is 3.64. The summed E-state index contributed by atoms with van der Waals surface area (Å²) in [5, 5.41) is 4.98. The zero-order valence-corrected chi connectivity index (χ0v) is 13.3. The minimum Gasteiger partial charge on any atom is -0.361 e. The first-order chi connectivity index (χ1) is 10.2. The molecule has 1 aromatic heterocycles. The molecule has 3 rings (SSSR count). The molecule has 1 aliphatic rings. The fraction of sp³-hybridized carbons (Fsp3) is 0.556. The summed E-state index contributed by atoms with van der Waals surface area (Å²) in [5.74, 6) is 0. The normalized spacial score (nSPS) is 18.4. The van der Waals surface area contributed by atoms with Gasteiger partial charge < -0.3 is 15.2 Å². The predicted octanol–water partition coefficient (Wildman–Crippen LogP) is 3.52. The summed E-state index contributed by atoms with van der Waals surface area (Å²) in [4.78, 5) is 5.73. The van der Waals surface area contributed by atoms with Crippen molar-refractivity contribution in [1.82, 2.24) is 15.2 Å². The molecule has 3 nitrogen and oxygen atoms in total. The number of nitrogens with one attached hydrogen (secondary N) is 2. The van der Waals surface area contributed by atoms with Crippen LogP contribution < -0.4 is 5.32 Å². The van der Waals surface area contributed by atoms with E-state index in [0.717, 1.165) is 13.1 Å². The number of hydrogen-bond acceptors (Lipinski definition) is 2. The molecule has 2 aromatic rings. The van der Waals surface area contributed by atoms with Crippen LogP contribution in [0.3, 0.4) is 0 Å². The van der Waals surface area contributed by atoms with E-state index in [9.17, 15) is 0 Å². The van der Waals surface area contributed by atoms with E-state index < -0.39 is 0 Å². The molecule has 0 spiro atoms. The number of benzene rings is 1. The zero-order chi connectivity index (χ0) is 14.7. The molecule has 0 atom stereocenters. The van der Waals surface area contributed by atoms with Crippen LogP contribution in [0.25, 0.3) is 10.9 Å². The van der Waals surface area contributed by atoms with Crippen LogP contribution in [0.1, 0.15) is 37.7 Å². The molecule has 2 N–H and O–H groups in total. The maximum Gasteiger partial charge on any atom is 0.0457 e. The molecule has 0 aliphatic heterocycles. The van der Waals surface area contributed by atoms with Gasteiger partial charge in [-0.2, -0.15) is 0 Å². The second kappa shape index (κ2) is 6.20. The number of fused-ring (bicyclic) bond motifs is 1. The van der Waals surface area contributed by atoms with Crippen LogP contribution >= 0.6 is 0 Å². The molecule has 114 valence electrons. The van der Waals surface area contributed by atoms with E-state index in [1.165, 1.54) is 48.6 Å². The molecule has 0 saturated heterocycles. The summed E-state index contributed by atoms with van der Waals surface area (Å²) >= 11 is 0. The SMILES string of the molecule is CN(C)C1(CNCc2ccc3cc[nH]c3c2)CCCCC1. The van der Waals surface area contributed by atoms with Gasteiger partial charge in [-0.05, 0) is 50.0 Å². The monoisotopic (exact) mass is 285 g/mol. The first-order valence-electron chi connectivity index (χ1n) is 8.14. The topological polar surface area (TPSA) is 31.1 Å². The maximum absolute atomic E-state index is 3.69. The van der Waals surface area contributed by atoms with E-state index in [4.69, 9.17) is 0 Å². The quantitative estimate of drug-likeness (QED) is 0.880. The molecule has 1 aliphatic carbocycles. The second-order valence-electron chi connectivity index (χ2n) is 6.68. The van der Waals surface area contributed by atoms with Gasteiger partial charge in [0.2, 0.25) is 0 Å². The Balaban J connectivity index is 1.61. The van der Waals surface area contributed by atoms with E-state index in [1.807, 2.05) is 6.20 Å². The Kier molecular flexibility index (Phi) is 4.32. The summed E-state index contributed by atoms with van der Waals surface area (Å²) in [5.41, 5.74) is 2.94. The number of H-pyrrole nitrogens is 1. The van der Waals surface area contributed by atoms with Gasteiger partial charge in [-0.3, -0.25) is 0 Å². The van der Waals surface area contributed by atoms with Crippen molar-refractivity contribution in [2.45, 2.75) is 44.2 Å². The van der Waals surface area contributed by atoms with Crippen LogP contribution in [0.4, 0.5) is 0 Å². The van der Waals surface area contributed by atoms with Gasteiger partial charge in [0.1, 0.15) is 0 Å². The van der Waals surface area contributed by atoms with E-state index >= 15 is 0 Å². The molecule has 1 saturated carbocycles. The lowest BCUT2D eigenvalue weighted by Crippen LogP contribution is -2.52. The summed E-state index contributed by atoms with van der Waals surface area (Å²) in [7, 11) is 4.47. The van der Waals surface area contributed by atoms with Gasteiger partial charge in [-0.1, -0.05) is 31.4 Å². The lowest BCUT2D eigenvalue weighted by molar-refractivity contribution is 0.0984. The van der Waals surface area contributed by atoms with Crippen LogP contribution in [0.15, 0.2) is 30.5 Å². The lowest BCUT2D eigenvalue weighted by Gasteiger charge is -2.43. The van der Waals surface area contributed by atoms with Crippen LogP contribution in [0.2, 0.25) is 0 Å². The molecule has 21 heavy (non-hydrogen) atoms. The molecular formula is C18H27N3. The summed E-state index contributed by atoms with van der Waals surface area (Å²) in [6.07, 6.45) is 8.79. The van der Waals surface area contributed by atoms with Crippen LogP contribution in [0, 0.1) is 0 Å². The van der Waals surface area contributed by atoms with Gasteiger partial charge in [0.15, 0.2) is 0 Å². The fourth-order valence-electron chi connectivity index (χ4n) is 3.64. The van der Waals surface area contributed by atoms with E-state index in [2.05, 4.69) is 53.6 Å². The van der Waals surface area contributed by atoms with Gasteiger partial charge >= 0.3 is 0 Å². The highest BCUT2D eigenvalue weighted by Gasteiger charge is 2.33. The first kappa shape index (κ1) is 14.6. The molecule has 1 heterocycles. The van der Waals surface area contributed by atoms with E-state index in [0.29, 0.717) is 5.54 Å². The Bertz CT molecular complexity index is 579. The average molecular weight is 285 g/mol. The molecular weight excluding hydrogens is 258 g/mol. The summed E-state index contributed by atoms with van der Waals surface area (Å²) in [6, 6.07) is 8.80. The van der Waals surface area contributed by atoms with Gasteiger partial charge in [0.05, 0.1) is 0 Å². The summed E-state index contributed by atoms with van der Waals surface area (Å²) in [6.45, 7) is 2.04. The third-order valence-electron chi connectivity index (χ3n) is 5.14. The Morgan fingerprint density at radius 3 is 2.71 bits per heavy atom. The largest absolute Gasteiger partial charge is 0.361 e. The molecule has 0 bridgehead atoms. The number of rotatable bonds is 5. The van der Waals surface area contributed by atoms with Crippen LogP contribution in [-0.4, -0.2) is 36.1 Å². The number of aromatic nitrogens is 1. The predicted molar refractivity (Wildman–Crippen MR) is 89.5 cm³/mol. The molecule has 1 fully saturated rings. The third-order valence-corrected chi connectivity index (χ3v) is 5.14. The lowest BCUT2D eigenvalue weighted by atomic mass is 9.80. The second-order valence-corrected chi connectivity index (χ2v) is 6.68. The highest BCUT2D eigenvalue weighted by Crippen LogP contribution is 2.31. The molecule has 3 heteroatoms. The first-order valence-corrected chi connectivity index (χ1v) is 8.14. The smallest absolute Gasteiger partial charge is 0.0457 e. The van der Waals surface area contributed by atoms with Crippen molar-refractivity contribution >= 4 is 10.9 Å². The van der Waals surface area contributed by atoms with Gasteiger partial charge in [0, 0.05) is 30.3 Å². The van der Waals surface area contributed by atoms with Crippen molar-refractivity contribution in [2.75, 3.05) is 20.6 Å². The Labute approximate surface area is 127 Å². The minimum atomic E-state index is 0.356. The van der Waals surface area contributed by atoms with Crippen LogP contribution in [-0.2, 0) is 6.54 Å². The van der Waals surface area contributed by atoms with E-state index in [1.54, 1.807) is 0 Å². The van der Waals surface area contributed by atoms with Gasteiger partial charge in [0.25, 0.3) is 0 Å². The number of aromatic amines is 1. The van der Waals surface area contributed by atoms with Crippen molar-refractivity contribution in [1.29, 1.82) is 0 Å². The average Bonchev–Trinajstić information content (AvgIpc) is 2.95. The summed E-state index contributed by atoms with van der Waals surface area (Å²) < 4.78 is 0. The Hall–Kier alpha value is -1.32. The zero-order valence-electron chi connectivity index (χ0n) is 13.3. The van der Waals surface area contributed by atoms with Crippen molar-refractivity contribution in [3.63, 3.8) is 0 Å². The highest BCUT2D eigenvalue weighted by molar-refractivity contribution is 5.79. The van der Waals surface area contributed by atoms with Gasteiger partial charge in [-0.25, -0.2) is 0 Å². The van der Waals surface area contributed by atoms with Gasteiger partial charge in [-0.15, -0.1) is 0 Å². The standard InChI is InChI=1S/C18H27N3/c1-21(2)18(9-4-3-5-10-18)14-19-13-15-6-7-16-8-11-20-17(16)12-15/h6-8,11-12,19-20H,3-5,9-10,13-14H2,1-2H3. The van der Waals surface area contributed by atoms with Crippen molar-refractivity contribution in [2.24, 2.45) is 0 Å². The third kappa shape index (κ3) is 3.14. The maximum atomic E-state index is 3.69. The number of nitrogens with zero attached hydrogens (tertiary/aromatic N) is 1. The number of hydrogen-bond donors (Lipinski definition) is 2. The highest BCUT2D eigenvalue weighted by atomic mass is 15.2. The molecule has 0 amide bonds. The Morgan fingerprint density at radius 1 is 1.14 bits per heavy atom. The van der Waals surface area contributed by atoms with Crippen molar-refractivity contribution in [3.05, 3.63) is 36.0 Å². The molecule has 0 unspecified atom stereocenters. The minimum absolute atomic E-state index is 0.356. The van der Waals surface area contributed by atoms with Crippen molar-refractivity contribution in [3.8, 4) is 0 Å². The Morgan fingerprint density at radius 2 is 1.95 bits per heavy atom. The molecule has 0 radical (unpaired) electrons. The molecule has 1 aromatic carbocycles. The van der Waals surface area contributed by atoms with E-state index in [-0.39, 0.29) is 0 Å². The van der Waals surface area contributed by atoms with Crippen LogP contribution in [0.5, 0.6) is 0 Å². The van der Waals surface area contributed by atoms with Crippen molar-refractivity contribution < 1.29 is 0 Å².